The Hall–Kier alpha value is -0.0831. The van der Waals surface area contributed by atoms with Crippen molar-refractivity contribution < 1.29 is 4.43 Å². The van der Waals surface area contributed by atoms with E-state index in [-0.39, 0.29) is 5.04 Å². The first-order valence-corrected chi connectivity index (χ1v) is 10.8. The maximum absolute atomic E-state index is 6.68. The summed E-state index contributed by atoms with van der Waals surface area (Å²) in [6, 6.07) is 0. The lowest BCUT2D eigenvalue weighted by atomic mass is 9.89. The average Bonchev–Trinajstić information content (AvgIpc) is 2.26. The van der Waals surface area contributed by atoms with E-state index in [0.717, 1.165) is 0 Å². The molecule has 0 bridgehead atoms. The van der Waals surface area contributed by atoms with Crippen molar-refractivity contribution in [3.8, 4) is 0 Å². The topological polar surface area (TPSA) is 9.23 Å². The molecule has 0 aromatic carbocycles. The summed E-state index contributed by atoms with van der Waals surface area (Å²) in [5.41, 5.74) is 0. The normalized spacial score (nSPS) is 16.5. The molecule has 2 heteroatoms. The van der Waals surface area contributed by atoms with E-state index >= 15 is 0 Å². The molecule has 0 saturated heterocycles. The molecule has 1 nitrogen and oxygen atoms in total. The lowest BCUT2D eigenvalue weighted by molar-refractivity contribution is 0.0893. The van der Waals surface area contributed by atoms with Crippen molar-refractivity contribution >= 4 is 8.32 Å². The lowest BCUT2D eigenvalue weighted by Crippen LogP contribution is -2.47. The zero-order valence-corrected chi connectivity index (χ0v) is 15.5. The van der Waals surface area contributed by atoms with Crippen LogP contribution in [0.15, 0.2) is 12.7 Å². The molecule has 0 spiro atoms. The van der Waals surface area contributed by atoms with Gasteiger partial charge in [-0.1, -0.05) is 60.5 Å². The van der Waals surface area contributed by atoms with E-state index in [9.17, 15) is 0 Å². The molecule has 0 aliphatic rings. The zero-order valence-electron chi connectivity index (χ0n) is 14.5. The molecule has 0 unspecified atom stereocenters. The summed E-state index contributed by atoms with van der Waals surface area (Å²) in [5, 5.41) is 0.274. The molecular formula is C17H36OSi. The van der Waals surface area contributed by atoms with Gasteiger partial charge in [-0.25, -0.2) is 0 Å². The highest BCUT2D eigenvalue weighted by atomic mass is 28.4. The molecule has 114 valence electrons. The van der Waals surface area contributed by atoms with Gasteiger partial charge in [-0.2, -0.15) is 0 Å². The standard InChI is InChI=1S/C17H36OSi/c1-10-12-13-15(11-2)16(14(3)4)18-19(8,9)17(5,6)7/h11,14-16H,2,10,12-13H2,1,3-9H3/t15-,16-/m1/s1. The highest BCUT2D eigenvalue weighted by molar-refractivity contribution is 6.74. The Bertz CT molecular complexity index is 263. The second-order valence-corrected chi connectivity index (χ2v) is 12.4. The minimum atomic E-state index is -1.70. The first-order chi connectivity index (χ1) is 8.56. The monoisotopic (exact) mass is 284 g/mol. The molecule has 0 aromatic rings. The van der Waals surface area contributed by atoms with Crippen LogP contribution in [0.2, 0.25) is 18.1 Å². The predicted molar refractivity (Wildman–Crippen MR) is 90.1 cm³/mol. The summed E-state index contributed by atoms with van der Waals surface area (Å²) in [6.07, 6.45) is 6.16. The third-order valence-electron chi connectivity index (χ3n) is 4.51. The van der Waals surface area contributed by atoms with Crippen LogP contribution >= 0.6 is 0 Å². The van der Waals surface area contributed by atoms with Crippen molar-refractivity contribution in [2.24, 2.45) is 11.8 Å². The minimum Gasteiger partial charge on any atom is -0.413 e. The van der Waals surface area contributed by atoms with Gasteiger partial charge in [-0.15, -0.1) is 6.58 Å². The zero-order chi connectivity index (χ0) is 15.3. The fourth-order valence-electron chi connectivity index (χ4n) is 2.09. The third-order valence-corrected chi connectivity index (χ3v) is 8.98. The maximum atomic E-state index is 6.68. The van der Waals surface area contributed by atoms with E-state index in [1.807, 2.05) is 0 Å². The third kappa shape index (κ3) is 5.82. The fraction of sp³-hybridized carbons (Fsp3) is 0.882. The summed E-state index contributed by atoms with van der Waals surface area (Å²) >= 11 is 0. The van der Waals surface area contributed by atoms with Crippen LogP contribution in [0.4, 0.5) is 0 Å². The first kappa shape index (κ1) is 18.9. The molecular weight excluding hydrogens is 248 g/mol. The minimum absolute atomic E-state index is 0.274. The summed E-state index contributed by atoms with van der Waals surface area (Å²) in [7, 11) is -1.70. The summed E-state index contributed by atoms with van der Waals surface area (Å²) in [4.78, 5) is 0. The van der Waals surface area contributed by atoms with Crippen LogP contribution in [-0.4, -0.2) is 14.4 Å². The maximum Gasteiger partial charge on any atom is 0.192 e. The lowest BCUT2D eigenvalue weighted by Gasteiger charge is -2.42. The van der Waals surface area contributed by atoms with Gasteiger partial charge in [0.1, 0.15) is 0 Å². The molecule has 19 heavy (non-hydrogen) atoms. The molecule has 0 saturated carbocycles. The fourth-order valence-corrected chi connectivity index (χ4v) is 3.57. The molecule has 0 aromatic heterocycles. The van der Waals surface area contributed by atoms with Crippen molar-refractivity contribution in [2.75, 3.05) is 0 Å². The summed E-state index contributed by atoms with van der Waals surface area (Å²) in [6.45, 7) is 22.5. The van der Waals surface area contributed by atoms with Gasteiger partial charge >= 0.3 is 0 Å². The quantitative estimate of drug-likeness (QED) is 0.391. The summed E-state index contributed by atoms with van der Waals surface area (Å²) < 4.78 is 6.68. The number of hydrogen-bond acceptors (Lipinski definition) is 1. The van der Waals surface area contributed by atoms with E-state index in [0.29, 0.717) is 17.9 Å². The Kier molecular flexibility index (Phi) is 7.60. The van der Waals surface area contributed by atoms with Crippen molar-refractivity contribution in [1.82, 2.24) is 0 Å². The Morgan fingerprint density at radius 3 is 2.05 bits per heavy atom. The van der Waals surface area contributed by atoms with Gasteiger partial charge in [0.05, 0.1) is 6.10 Å². The van der Waals surface area contributed by atoms with E-state index < -0.39 is 8.32 Å². The molecule has 0 radical (unpaired) electrons. The van der Waals surface area contributed by atoms with Gasteiger partial charge in [-0.05, 0) is 30.5 Å². The van der Waals surface area contributed by atoms with Gasteiger partial charge < -0.3 is 4.43 Å². The predicted octanol–water partition coefficient (Wildman–Crippen LogP) is 6.03. The van der Waals surface area contributed by atoms with Crippen LogP contribution < -0.4 is 0 Å². The van der Waals surface area contributed by atoms with Gasteiger partial charge in [-0.3, -0.25) is 0 Å². The Labute approximate surface area is 123 Å². The second-order valence-electron chi connectivity index (χ2n) is 7.63. The molecule has 0 amide bonds. The van der Waals surface area contributed by atoms with Crippen molar-refractivity contribution in [1.29, 1.82) is 0 Å². The van der Waals surface area contributed by atoms with Crippen LogP contribution in [0, 0.1) is 11.8 Å². The Balaban J connectivity index is 4.96. The van der Waals surface area contributed by atoms with E-state index in [1.54, 1.807) is 0 Å². The molecule has 0 fully saturated rings. The van der Waals surface area contributed by atoms with E-state index in [4.69, 9.17) is 4.43 Å². The first-order valence-electron chi connectivity index (χ1n) is 7.87. The molecule has 0 aliphatic carbocycles. The molecule has 0 rings (SSSR count). The number of rotatable bonds is 8. The van der Waals surface area contributed by atoms with Gasteiger partial charge in [0.15, 0.2) is 8.32 Å². The molecule has 0 aliphatic heterocycles. The van der Waals surface area contributed by atoms with Crippen LogP contribution in [0.1, 0.15) is 60.8 Å². The molecule has 2 atom stereocenters. The van der Waals surface area contributed by atoms with Crippen molar-refractivity contribution in [2.45, 2.75) is 85.0 Å². The highest BCUT2D eigenvalue weighted by Crippen LogP contribution is 2.39. The second kappa shape index (κ2) is 7.63. The average molecular weight is 285 g/mol. The molecule has 0 heterocycles. The van der Waals surface area contributed by atoms with Crippen molar-refractivity contribution in [3.63, 3.8) is 0 Å². The number of hydrogen-bond donors (Lipinski definition) is 0. The number of unbranched alkanes of at least 4 members (excludes halogenated alkanes) is 1. The van der Waals surface area contributed by atoms with Crippen LogP contribution in [0.25, 0.3) is 0 Å². The van der Waals surface area contributed by atoms with Crippen molar-refractivity contribution in [3.05, 3.63) is 12.7 Å². The highest BCUT2D eigenvalue weighted by Gasteiger charge is 2.40. The van der Waals surface area contributed by atoms with Crippen LogP contribution in [0.3, 0.4) is 0 Å². The molecule has 0 N–H and O–H groups in total. The van der Waals surface area contributed by atoms with Gasteiger partial charge in [0.25, 0.3) is 0 Å². The van der Waals surface area contributed by atoms with Crippen LogP contribution in [-0.2, 0) is 4.43 Å². The van der Waals surface area contributed by atoms with Gasteiger partial charge in [0.2, 0.25) is 0 Å². The summed E-state index contributed by atoms with van der Waals surface area (Å²) in [5.74, 6) is 1.04. The Morgan fingerprint density at radius 1 is 1.21 bits per heavy atom. The smallest absolute Gasteiger partial charge is 0.192 e. The Morgan fingerprint density at radius 2 is 1.74 bits per heavy atom. The van der Waals surface area contributed by atoms with E-state index in [1.165, 1.54) is 19.3 Å². The largest absolute Gasteiger partial charge is 0.413 e. The van der Waals surface area contributed by atoms with Gasteiger partial charge in [0, 0.05) is 5.92 Å². The van der Waals surface area contributed by atoms with Crippen LogP contribution in [0.5, 0.6) is 0 Å². The van der Waals surface area contributed by atoms with E-state index in [2.05, 4.69) is 67.3 Å². The SMILES string of the molecule is C=C[C@H](CCCC)[C@H](O[Si](C)(C)C(C)(C)C)C(C)C.